The van der Waals surface area contributed by atoms with Crippen LogP contribution < -0.4 is 26.4 Å². The number of nitrogens with two attached hydrogens (primary N) is 1. The zero-order valence-corrected chi connectivity index (χ0v) is 14.3. The van der Waals surface area contributed by atoms with Crippen LogP contribution in [0, 0.1) is 0 Å². The van der Waals surface area contributed by atoms with Crippen LogP contribution in [-0.4, -0.2) is 37.0 Å². The van der Waals surface area contributed by atoms with Gasteiger partial charge in [0, 0.05) is 11.6 Å². The molecule has 24 heavy (non-hydrogen) atoms. The molecule has 0 unspecified atom stereocenters. The predicted octanol–water partition coefficient (Wildman–Crippen LogP) is 1.22. The van der Waals surface area contributed by atoms with Crippen molar-refractivity contribution >= 4 is 23.5 Å². The van der Waals surface area contributed by atoms with Gasteiger partial charge in [-0.15, -0.1) is 0 Å². The van der Waals surface area contributed by atoms with E-state index in [0.717, 1.165) is 6.42 Å². The number of primary amides is 1. The number of carbonyl (C=O) groups is 3. The van der Waals surface area contributed by atoms with Crippen molar-refractivity contribution in [2.24, 2.45) is 5.73 Å². The lowest BCUT2D eigenvalue weighted by molar-refractivity contribution is -0.123. The monoisotopic (exact) mass is 336 g/mol. The van der Waals surface area contributed by atoms with Gasteiger partial charge in [0.1, 0.15) is 11.8 Å². The summed E-state index contributed by atoms with van der Waals surface area (Å²) in [7, 11) is 1.44. The molecule has 132 valence electrons. The van der Waals surface area contributed by atoms with E-state index in [1.807, 2.05) is 13.8 Å². The molecule has 8 nitrogen and oxygen atoms in total. The van der Waals surface area contributed by atoms with Gasteiger partial charge < -0.3 is 26.4 Å². The Kier molecular flexibility index (Phi) is 7.03. The highest BCUT2D eigenvalue weighted by molar-refractivity contribution is 5.98. The lowest BCUT2D eigenvalue weighted by Crippen LogP contribution is -2.48. The minimum absolute atomic E-state index is 0.0251. The van der Waals surface area contributed by atoms with Crippen molar-refractivity contribution in [1.82, 2.24) is 10.6 Å². The fourth-order valence-corrected chi connectivity index (χ4v) is 1.85. The Hall–Kier alpha value is -2.77. The third kappa shape index (κ3) is 5.45. The second kappa shape index (κ2) is 8.76. The smallest absolute Gasteiger partial charge is 0.319 e. The number of amides is 4. The molecule has 0 spiro atoms. The molecule has 0 aliphatic carbocycles. The summed E-state index contributed by atoms with van der Waals surface area (Å²) in [6.45, 7) is 5.41. The Balaban J connectivity index is 2.75. The molecule has 0 aromatic heterocycles. The molecule has 0 radical (unpaired) electrons. The molecule has 0 fully saturated rings. The zero-order valence-electron chi connectivity index (χ0n) is 14.3. The van der Waals surface area contributed by atoms with E-state index in [2.05, 4.69) is 16.0 Å². The molecule has 0 bridgehead atoms. The number of methoxy groups -OCH3 is 1. The Labute approximate surface area is 141 Å². The first-order chi connectivity index (χ1) is 11.3. The molecule has 4 amide bonds. The SMILES string of the molecule is CC[C@H](C)NC(=O)[C@@H](C)NC(=O)Nc1cc(C(N)=O)ccc1OC. The fourth-order valence-electron chi connectivity index (χ4n) is 1.85. The summed E-state index contributed by atoms with van der Waals surface area (Å²) in [5, 5.41) is 7.85. The highest BCUT2D eigenvalue weighted by Gasteiger charge is 2.18. The van der Waals surface area contributed by atoms with E-state index < -0.39 is 18.0 Å². The second-order valence-electron chi connectivity index (χ2n) is 5.42. The third-order valence-electron chi connectivity index (χ3n) is 3.47. The maximum absolute atomic E-state index is 12.1. The summed E-state index contributed by atoms with van der Waals surface area (Å²) in [4.78, 5) is 35.2. The van der Waals surface area contributed by atoms with Crippen molar-refractivity contribution in [3.8, 4) is 5.75 Å². The van der Waals surface area contributed by atoms with Gasteiger partial charge in [0.2, 0.25) is 11.8 Å². The molecule has 8 heteroatoms. The number of hydrogen-bond donors (Lipinski definition) is 4. The molecule has 5 N–H and O–H groups in total. The quantitative estimate of drug-likeness (QED) is 0.598. The number of hydrogen-bond acceptors (Lipinski definition) is 4. The van der Waals surface area contributed by atoms with Crippen LogP contribution in [0.4, 0.5) is 10.5 Å². The molecular weight excluding hydrogens is 312 g/mol. The van der Waals surface area contributed by atoms with Crippen LogP contribution in [0.1, 0.15) is 37.6 Å². The number of nitrogens with one attached hydrogen (secondary N) is 3. The van der Waals surface area contributed by atoms with Crippen molar-refractivity contribution in [2.45, 2.75) is 39.3 Å². The molecule has 2 atom stereocenters. The lowest BCUT2D eigenvalue weighted by Gasteiger charge is -2.18. The van der Waals surface area contributed by atoms with Gasteiger partial charge in [-0.1, -0.05) is 6.92 Å². The number of anilines is 1. The lowest BCUT2D eigenvalue weighted by atomic mass is 10.2. The van der Waals surface area contributed by atoms with Crippen LogP contribution in [0.25, 0.3) is 0 Å². The number of urea groups is 1. The van der Waals surface area contributed by atoms with Gasteiger partial charge in [-0.05, 0) is 38.5 Å². The summed E-state index contributed by atoms with van der Waals surface area (Å²) in [5.74, 6) is -0.536. The van der Waals surface area contributed by atoms with Crippen LogP contribution in [-0.2, 0) is 4.79 Å². The van der Waals surface area contributed by atoms with E-state index in [1.54, 1.807) is 6.92 Å². The van der Waals surface area contributed by atoms with E-state index in [9.17, 15) is 14.4 Å². The van der Waals surface area contributed by atoms with Gasteiger partial charge in [0.15, 0.2) is 0 Å². The minimum atomic E-state index is -0.718. The van der Waals surface area contributed by atoms with Gasteiger partial charge in [0.05, 0.1) is 12.8 Å². The summed E-state index contributed by atoms with van der Waals surface area (Å²) < 4.78 is 5.13. The zero-order chi connectivity index (χ0) is 18.3. The van der Waals surface area contributed by atoms with Crippen LogP contribution in [0.15, 0.2) is 18.2 Å². The highest BCUT2D eigenvalue weighted by Crippen LogP contribution is 2.25. The number of ether oxygens (including phenoxy) is 1. The first-order valence-electron chi connectivity index (χ1n) is 7.64. The normalized spacial score (nSPS) is 12.7. The van der Waals surface area contributed by atoms with Crippen LogP contribution in [0.3, 0.4) is 0 Å². The average molecular weight is 336 g/mol. The van der Waals surface area contributed by atoms with Gasteiger partial charge in [-0.2, -0.15) is 0 Å². The standard InChI is InChI=1S/C16H24N4O4/c1-5-9(2)18-15(22)10(3)19-16(23)20-12-8-11(14(17)21)6-7-13(12)24-4/h6-10H,5H2,1-4H3,(H2,17,21)(H,18,22)(H2,19,20,23)/t9-,10+/m0/s1. The van der Waals surface area contributed by atoms with Crippen LogP contribution in [0.2, 0.25) is 0 Å². The summed E-state index contributed by atoms with van der Waals surface area (Å²) in [6.07, 6.45) is 0.793. The second-order valence-corrected chi connectivity index (χ2v) is 5.42. The Bertz CT molecular complexity index is 618. The molecule has 0 saturated heterocycles. The highest BCUT2D eigenvalue weighted by atomic mass is 16.5. The first-order valence-corrected chi connectivity index (χ1v) is 7.64. The van der Waals surface area contributed by atoms with Crippen molar-refractivity contribution in [2.75, 3.05) is 12.4 Å². The van der Waals surface area contributed by atoms with Crippen molar-refractivity contribution < 1.29 is 19.1 Å². The molecule has 1 rings (SSSR count). The Morgan fingerprint density at radius 2 is 1.88 bits per heavy atom. The number of carbonyl (C=O) groups excluding carboxylic acids is 3. The van der Waals surface area contributed by atoms with E-state index >= 15 is 0 Å². The van der Waals surface area contributed by atoms with Crippen molar-refractivity contribution in [3.05, 3.63) is 23.8 Å². The fraction of sp³-hybridized carbons (Fsp3) is 0.438. The number of benzene rings is 1. The van der Waals surface area contributed by atoms with Gasteiger partial charge in [-0.3, -0.25) is 9.59 Å². The maximum atomic E-state index is 12.1. The largest absolute Gasteiger partial charge is 0.495 e. The van der Waals surface area contributed by atoms with E-state index in [-0.39, 0.29) is 23.2 Å². The molecule has 0 saturated carbocycles. The molecule has 1 aromatic carbocycles. The first kappa shape index (κ1) is 19.3. The molecule has 0 aliphatic heterocycles. The predicted molar refractivity (Wildman–Crippen MR) is 91.0 cm³/mol. The van der Waals surface area contributed by atoms with Crippen molar-refractivity contribution in [1.29, 1.82) is 0 Å². The van der Waals surface area contributed by atoms with Crippen LogP contribution in [0.5, 0.6) is 5.75 Å². The van der Waals surface area contributed by atoms with E-state index in [4.69, 9.17) is 10.5 Å². The Morgan fingerprint density at radius 1 is 1.21 bits per heavy atom. The van der Waals surface area contributed by atoms with Gasteiger partial charge in [0.25, 0.3) is 0 Å². The van der Waals surface area contributed by atoms with Crippen molar-refractivity contribution in [3.63, 3.8) is 0 Å². The van der Waals surface area contributed by atoms with Crippen LogP contribution >= 0.6 is 0 Å². The van der Waals surface area contributed by atoms with Gasteiger partial charge >= 0.3 is 6.03 Å². The summed E-state index contributed by atoms with van der Waals surface area (Å²) in [5.41, 5.74) is 5.73. The molecular formula is C16H24N4O4. The minimum Gasteiger partial charge on any atom is -0.495 e. The number of rotatable bonds is 7. The molecule has 1 aromatic rings. The third-order valence-corrected chi connectivity index (χ3v) is 3.47. The average Bonchev–Trinajstić information content (AvgIpc) is 2.54. The van der Waals surface area contributed by atoms with Gasteiger partial charge in [-0.25, -0.2) is 4.79 Å². The summed E-state index contributed by atoms with van der Waals surface area (Å²) in [6, 6.07) is 3.13. The van der Waals surface area contributed by atoms with E-state index in [0.29, 0.717) is 5.75 Å². The summed E-state index contributed by atoms with van der Waals surface area (Å²) >= 11 is 0. The molecule has 0 heterocycles. The molecule has 0 aliphatic rings. The van der Waals surface area contributed by atoms with E-state index in [1.165, 1.54) is 25.3 Å². The topological polar surface area (TPSA) is 123 Å². The maximum Gasteiger partial charge on any atom is 0.319 e. The Morgan fingerprint density at radius 3 is 2.42 bits per heavy atom.